The van der Waals surface area contributed by atoms with Crippen LogP contribution in [0.3, 0.4) is 0 Å². The molecule has 1 aliphatic heterocycles. The van der Waals surface area contributed by atoms with Crippen LogP contribution < -0.4 is 16.3 Å². The summed E-state index contributed by atoms with van der Waals surface area (Å²) < 4.78 is 1.20. The lowest BCUT2D eigenvalue weighted by Gasteiger charge is -2.32. The topological polar surface area (TPSA) is 67.2 Å². The van der Waals surface area contributed by atoms with Gasteiger partial charge in [0.2, 0.25) is 5.91 Å². The van der Waals surface area contributed by atoms with Crippen molar-refractivity contribution in [1.82, 2.24) is 20.0 Å². The van der Waals surface area contributed by atoms with Gasteiger partial charge in [-0.05, 0) is 37.9 Å². The van der Waals surface area contributed by atoms with Crippen LogP contribution in [0.5, 0.6) is 0 Å². The van der Waals surface area contributed by atoms with Crippen LogP contribution in [0.1, 0.15) is 45.2 Å². The average Bonchev–Trinajstić information content (AvgIpc) is 2.49. The number of rotatable bonds is 5. The molecule has 0 aliphatic carbocycles. The van der Waals surface area contributed by atoms with Gasteiger partial charge in [-0.3, -0.25) is 9.59 Å². The zero-order chi connectivity index (χ0) is 17.0. The fourth-order valence-electron chi connectivity index (χ4n) is 2.95. The van der Waals surface area contributed by atoms with E-state index in [1.54, 1.807) is 0 Å². The number of likely N-dealkylation sites (N-methyl/N-ethyl adjacent to an activating group) is 1. The molecule has 1 aromatic rings. The lowest BCUT2D eigenvalue weighted by molar-refractivity contribution is -0.123. The summed E-state index contributed by atoms with van der Waals surface area (Å²) >= 11 is 0. The van der Waals surface area contributed by atoms with Gasteiger partial charge in [0.05, 0.1) is 5.69 Å². The Balaban J connectivity index is 2.03. The maximum atomic E-state index is 12.2. The van der Waals surface area contributed by atoms with Gasteiger partial charge in [-0.15, -0.1) is 0 Å². The Morgan fingerprint density at radius 1 is 1.52 bits per heavy atom. The van der Waals surface area contributed by atoms with Crippen molar-refractivity contribution >= 4 is 19.2 Å². The Morgan fingerprint density at radius 3 is 2.91 bits per heavy atom. The average molecular weight is 316 g/mol. The first-order valence-corrected chi connectivity index (χ1v) is 8.30. The predicted molar refractivity (Wildman–Crippen MR) is 91.3 cm³/mol. The molecule has 1 saturated heterocycles. The maximum absolute atomic E-state index is 12.2. The number of amides is 1. The molecule has 1 amide bonds. The molecule has 1 atom stereocenters. The van der Waals surface area contributed by atoms with Crippen molar-refractivity contribution in [2.45, 2.75) is 52.1 Å². The van der Waals surface area contributed by atoms with Crippen molar-refractivity contribution in [3.63, 3.8) is 0 Å². The Labute approximate surface area is 138 Å². The monoisotopic (exact) mass is 316 g/mol. The standard InChI is InChI=1S/C16H25BN4O2/c1-4-20-7-5-6-12(9-20)18-14(22)10-21-15(23)8-13(17)16(19-21)11(2)3/h8,11-12H,4-7,9-10H2,1-3H3,(H,18,22)/t12-/m1/s1. The third kappa shape index (κ3) is 4.67. The van der Waals surface area contributed by atoms with Gasteiger partial charge in [0.15, 0.2) is 0 Å². The second-order valence-electron chi connectivity index (χ2n) is 6.44. The van der Waals surface area contributed by atoms with E-state index in [1.165, 1.54) is 10.7 Å². The largest absolute Gasteiger partial charge is 0.350 e. The number of carbonyl (C=O) groups excluding carboxylic acids is 1. The third-order valence-electron chi connectivity index (χ3n) is 4.22. The second-order valence-corrected chi connectivity index (χ2v) is 6.44. The van der Waals surface area contributed by atoms with Crippen LogP contribution in [0.25, 0.3) is 0 Å². The molecule has 0 unspecified atom stereocenters. The van der Waals surface area contributed by atoms with E-state index in [1.807, 2.05) is 13.8 Å². The molecule has 23 heavy (non-hydrogen) atoms. The van der Waals surface area contributed by atoms with E-state index < -0.39 is 0 Å². The Hall–Kier alpha value is -1.63. The van der Waals surface area contributed by atoms with Crippen molar-refractivity contribution in [1.29, 1.82) is 0 Å². The summed E-state index contributed by atoms with van der Waals surface area (Å²) in [6, 6.07) is 1.49. The first kappa shape index (κ1) is 17.7. The molecule has 124 valence electrons. The maximum Gasteiger partial charge on any atom is 0.266 e. The number of likely N-dealkylation sites (tertiary alicyclic amines) is 1. The van der Waals surface area contributed by atoms with Crippen molar-refractivity contribution in [3.05, 3.63) is 22.1 Å². The summed E-state index contributed by atoms with van der Waals surface area (Å²) in [5.41, 5.74) is 0.681. The number of nitrogens with one attached hydrogen (secondary N) is 1. The molecular weight excluding hydrogens is 291 g/mol. The van der Waals surface area contributed by atoms with Crippen LogP contribution in [0.4, 0.5) is 0 Å². The normalized spacial score (nSPS) is 19.0. The third-order valence-corrected chi connectivity index (χ3v) is 4.22. The Kier molecular flexibility index (Phi) is 5.99. The summed E-state index contributed by atoms with van der Waals surface area (Å²) in [6.45, 7) is 8.90. The quantitative estimate of drug-likeness (QED) is 0.762. The molecule has 1 aliphatic rings. The number of hydrogen-bond donors (Lipinski definition) is 1. The minimum absolute atomic E-state index is 0.0680. The smallest absolute Gasteiger partial charge is 0.266 e. The Bertz CT molecular complexity index is 615. The van der Waals surface area contributed by atoms with Crippen LogP contribution in [0.2, 0.25) is 0 Å². The van der Waals surface area contributed by atoms with Gasteiger partial charge < -0.3 is 10.2 Å². The van der Waals surface area contributed by atoms with Crippen molar-refractivity contribution < 1.29 is 4.79 Å². The molecular formula is C16H25BN4O2. The fraction of sp³-hybridized carbons (Fsp3) is 0.688. The molecule has 2 heterocycles. The van der Waals surface area contributed by atoms with Crippen LogP contribution in [0, 0.1) is 0 Å². The summed E-state index contributed by atoms with van der Waals surface area (Å²) in [6.07, 6.45) is 2.06. The molecule has 1 aromatic heterocycles. The van der Waals surface area contributed by atoms with E-state index in [0.29, 0.717) is 11.2 Å². The van der Waals surface area contributed by atoms with Gasteiger partial charge in [-0.2, -0.15) is 5.10 Å². The molecule has 0 spiro atoms. The van der Waals surface area contributed by atoms with Crippen LogP contribution in [-0.2, 0) is 11.3 Å². The van der Waals surface area contributed by atoms with Gasteiger partial charge in [0.25, 0.3) is 5.56 Å². The molecule has 1 fully saturated rings. The molecule has 1 N–H and O–H groups in total. The van der Waals surface area contributed by atoms with Crippen LogP contribution in [0.15, 0.2) is 10.9 Å². The van der Waals surface area contributed by atoms with Gasteiger partial charge in [0, 0.05) is 12.6 Å². The van der Waals surface area contributed by atoms with E-state index in [0.717, 1.165) is 32.5 Å². The van der Waals surface area contributed by atoms with Gasteiger partial charge in [-0.1, -0.05) is 26.2 Å². The molecule has 6 nitrogen and oxygen atoms in total. The van der Waals surface area contributed by atoms with Crippen molar-refractivity contribution in [2.75, 3.05) is 19.6 Å². The highest BCUT2D eigenvalue weighted by molar-refractivity contribution is 6.33. The molecule has 0 bridgehead atoms. The second kappa shape index (κ2) is 7.77. The highest BCUT2D eigenvalue weighted by Crippen LogP contribution is 2.09. The predicted octanol–water partition coefficient (Wildman–Crippen LogP) is -0.239. The van der Waals surface area contributed by atoms with Gasteiger partial charge in [-0.25, -0.2) is 4.68 Å². The summed E-state index contributed by atoms with van der Waals surface area (Å²) in [4.78, 5) is 26.5. The van der Waals surface area contributed by atoms with Crippen molar-refractivity contribution in [3.8, 4) is 0 Å². The SMILES string of the molecule is [B]c1cc(=O)n(CC(=O)N[C@@H]2CCCN(CC)C2)nc1C(C)C. The highest BCUT2D eigenvalue weighted by atomic mass is 16.2. The van der Waals surface area contributed by atoms with E-state index >= 15 is 0 Å². The zero-order valence-corrected chi connectivity index (χ0v) is 14.2. The zero-order valence-electron chi connectivity index (χ0n) is 14.2. The Morgan fingerprint density at radius 2 is 2.26 bits per heavy atom. The van der Waals surface area contributed by atoms with Crippen LogP contribution in [-0.4, -0.2) is 54.1 Å². The van der Waals surface area contributed by atoms with E-state index in [2.05, 4.69) is 22.2 Å². The molecule has 7 heteroatoms. The van der Waals surface area contributed by atoms with E-state index in [-0.39, 0.29) is 30.0 Å². The first-order valence-electron chi connectivity index (χ1n) is 8.30. The minimum atomic E-state index is -0.346. The summed E-state index contributed by atoms with van der Waals surface area (Å²) in [7, 11) is 5.82. The number of nitrogens with zero attached hydrogens (tertiary/aromatic N) is 3. The van der Waals surface area contributed by atoms with Crippen LogP contribution >= 0.6 is 0 Å². The molecule has 0 aromatic carbocycles. The number of hydrogen-bond acceptors (Lipinski definition) is 4. The number of carbonyl (C=O) groups is 1. The van der Waals surface area contributed by atoms with Crippen molar-refractivity contribution in [2.24, 2.45) is 0 Å². The summed E-state index contributed by atoms with van der Waals surface area (Å²) in [5, 5.41) is 7.25. The van der Waals surface area contributed by atoms with E-state index in [9.17, 15) is 9.59 Å². The number of piperidine rings is 1. The molecule has 2 rings (SSSR count). The molecule has 0 saturated carbocycles. The molecule has 2 radical (unpaired) electrons. The lowest BCUT2D eigenvalue weighted by Crippen LogP contribution is -2.49. The number of aromatic nitrogens is 2. The lowest BCUT2D eigenvalue weighted by atomic mass is 9.90. The van der Waals surface area contributed by atoms with E-state index in [4.69, 9.17) is 7.85 Å². The highest BCUT2D eigenvalue weighted by Gasteiger charge is 2.20. The van der Waals surface area contributed by atoms with Gasteiger partial charge in [0.1, 0.15) is 14.4 Å². The fourth-order valence-corrected chi connectivity index (χ4v) is 2.95. The first-order chi connectivity index (χ1) is 10.9. The summed E-state index contributed by atoms with van der Waals surface area (Å²) in [5.74, 6) is -0.0802. The van der Waals surface area contributed by atoms with Gasteiger partial charge >= 0.3 is 0 Å². The minimum Gasteiger partial charge on any atom is -0.350 e.